The highest BCUT2D eigenvalue weighted by Crippen LogP contribution is 2.19. The van der Waals surface area contributed by atoms with E-state index in [0.29, 0.717) is 44.6 Å². The zero-order valence-electron chi connectivity index (χ0n) is 21.3. The summed E-state index contributed by atoms with van der Waals surface area (Å²) in [7, 11) is 0. The molecule has 2 fully saturated rings. The Hall–Kier alpha value is -2.89. The number of carbonyl (C=O) groups excluding carboxylic acids is 2. The number of piperazine rings is 2. The fourth-order valence-electron chi connectivity index (χ4n) is 3.78. The molecule has 2 aliphatic heterocycles. The second-order valence-corrected chi connectivity index (χ2v) is 8.28. The number of hydrogen-bond acceptors (Lipinski definition) is 9. The van der Waals surface area contributed by atoms with Crippen molar-refractivity contribution in [2.75, 3.05) is 65.6 Å². The van der Waals surface area contributed by atoms with E-state index in [1.165, 1.54) is 0 Å². The molecule has 0 bridgehead atoms. The molecule has 0 saturated carbocycles. The molecule has 1 aromatic heterocycles. The number of rotatable bonds is 5. The van der Waals surface area contributed by atoms with Gasteiger partial charge in [-0.2, -0.15) is 4.98 Å². The minimum Gasteiger partial charge on any atom is -0.450 e. The molecular weight excluding hydrogens is 488 g/mol. The molecular formula is C24H37ClN6O5. The minimum absolute atomic E-state index is 0. The monoisotopic (exact) mass is 524 g/mol. The molecule has 1 aromatic carbocycles. The van der Waals surface area contributed by atoms with E-state index in [1.807, 2.05) is 45.0 Å². The topological polar surface area (TPSA) is 113 Å². The molecule has 2 aliphatic rings. The molecule has 2 saturated heterocycles. The van der Waals surface area contributed by atoms with Gasteiger partial charge in [0.15, 0.2) is 5.82 Å². The van der Waals surface area contributed by atoms with Crippen LogP contribution in [-0.2, 0) is 16.0 Å². The predicted molar refractivity (Wildman–Crippen MR) is 137 cm³/mol. The van der Waals surface area contributed by atoms with Crippen molar-refractivity contribution in [3.8, 4) is 11.5 Å². The third-order valence-electron chi connectivity index (χ3n) is 5.64. The number of amides is 2. The summed E-state index contributed by atoms with van der Waals surface area (Å²) < 4.78 is 15.2. The van der Waals surface area contributed by atoms with Crippen molar-refractivity contribution in [2.45, 2.75) is 27.3 Å². The van der Waals surface area contributed by atoms with Crippen LogP contribution < -0.4 is 5.32 Å². The van der Waals surface area contributed by atoms with Crippen LogP contribution >= 0.6 is 12.4 Å². The first-order chi connectivity index (χ1) is 17.0. The maximum Gasteiger partial charge on any atom is 0.409 e. The summed E-state index contributed by atoms with van der Waals surface area (Å²) in [5.41, 5.74) is 2.09. The standard InChI is InChI=1S/C17H22N4O3.C7H14N2O2.ClH/c1-3-23-17(22)21-9-7-20(8-10-21)12-15-18-16(24-19-15)14-6-4-5-13(2)11-14;1-2-11-7(10)9-5-3-8-4-6-9;/h4-6,11H,3,7-10,12H2,1-2H3;8H,2-6H2,1H3;1H. The number of nitrogens with one attached hydrogen (secondary N) is 1. The molecule has 0 aliphatic carbocycles. The Kier molecular flexibility index (Phi) is 12.4. The molecule has 4 rings (SSSR count). The van der Waals surface area contributed by atoms with Crippen molar-refractivity contribution in [1.82, 2.24) is 30.2 Å². The van der Waals surface area contributed by atoms with Gasteiger partial charge in [-0.25, -0.2) is 9.59 Å². The lowest BCUT2D eigenvalue weighted by molar-refractivity contribution is 0.0769. The van der Waals surface area contributed by atoms with Crippen molar-refractivity contribution < 1.29 is 23.6 Å². The first kappa shape index (κ1) is 29.3. The van der Waals surface area contributed by atoms with Gasteiger partial charge in [0.2, 0.25) is 0 Å². The number of hydrogen-bond donors (Lipinski definition) is 1. The normalized spacial score (nSPS) is 15.9. The van der Waals surface area contributed by atoms with Gasteiger partial charge in [-0.15, -0.1) is 12.4 Å². The fourth-order valence-corrected chi connectivity index (χ4v) is 3.78. The summed E-state index contributed by atoms with van der Waals surface area (Å²) in [6.07, 6.45) is -0.424. The first-order valence-corrected chi connectivity index (χ1v) is 12.2. The van der Waals surface area contributed by atoms with E-state index in [-0.39, 0.29) is 24.6 Å². The number of aryl methyl sites for hydroxylation is 1. The third kappa shape index (κ3) is 8.96. The molecule has 0 atom stereocenters. The highest BCUT2D eigenvalue weighted by molar-refractivity contribution is 5.85. The van der Waals surface area contributed by atoms with Crippen molar-refractivity contribution in [3.63, 3.8) is 0 Å². The predicted octanol–water partition coefficient (Wildman–Crippen LogP) is 2.79. The Labute approximate surface area is 218 Å². The van der Waals surface area contributed by atoms with Crippen molar-refractivity contribution in [1.29, 1.82) is 0 Å². The number of aromatic nitrogens is 2. The summed E-state index contributed by atoms with van der Waals surface area (Å²) in [6, 6.07) is 7.99. The Morgan fingerprint density at radius 1 is 0.972 bits per heavy atom. The molecule has 36 heavy (non-hydrogen) atoms. The van der Waals surface area contributed by atoms with Crippen LogP contribution in [0, 0.1) is 6.92 Å². The lowest BCUT2D eigenvalue weighted by Crippen LogP contribution is -2.48. The number of benzene rings is 1. The molecule has 3 heterocycles. The van der Waals surface area contributed by atoms with Gasteiger partial charge in [0.05, 0.1) is 19.8 Å². The molecule has 2 aromatic rings. The van der Waals surface area contributed by atoms with Crippen LogP contribution in [0.3, 0.4) is 0 Å². The molecule has 2 amide bonds. The summed E-state index contributed by atoms with van der Waals surface area (Å²) >= 11 is 0. The number of ether oxygens (including phenoxy) is 2. The van der Waals surface area contributed by atoms with Crippen LogP contribution in [0.15, 0.2) is 28.8 Å². The maximum absolute atomic E-state index is 11.7. The van der Waals surface area contributed by atoms with E-state index in [0.717, 1.165) is 50.4 Å². The fraction of sp³-hybridized carbons (Fsp3) is 0.583. The molecule has 0 radical (unpaired) electrons. The van der Waals surface area contributed by atoms with E-state index in [9.17, 15) is 9.59 Å². The van der Waals surface area contributed by atoms with Gasteiger partial charge in [0.25, 0.3) is 5.89 Å². The van der Waals surface area contributed by atoms with Gasteiger partial charge in [-0.05, 0) is 32.9 Å². The van der Waals surface area contributed by atoms with Crippen LogP contribution in [-0.4, -0.2) is 103 Å². The third-order valence-corrected chi connectivity index (χ3v) is 5.64. The highest BCUT2D eigenvalue weighted by Gasteiger charge is 2.23. The lowest BCUT2D eigenvalue weighted by Gasteiger charge is -2.33. The summed E-state index contributed by atoms with van der Waals surface area (Å²) in [6.45, 7) is 13.3. The summed E-state index contributed by atoms with van der Waals surface area (Å²) in [5.74, 6) is 1.20. The van der Waals surface area contributed by atoms with Gasteiger partial charge < -0.3 is 29.1 Å². The van der Waals surface area contributed by atoms with Crippen LogP contribution in [0.1, 0.15) is 25.2 Å². The summed E-state index contributed by atoms with van der Waals surface area (Å²) in [4.78, 5) is 32.9. The zero-order valence-corrected chi connectivity index (χ0v) is 22.1. The Morgan fingerprint density at radius 3 is 2.17 bits per heavy atom. The SMILES string of the molecule is CCOC(=O)N1CCN(Cc2noc(-c3cccc(C)c3)n2)CC1.CCOC(=O)N1CCNCC1.Cl. The first-order valence-electron chi connectivity index (χ1n) is 12.2. The van der Waals surface area contributed by atoms with E-state index < -0.39 is 0 Å². The maximum atomic E-state index is 11.7. The molecule has 11 nitrogen and oxygen atoms in total. The Morgan fingerprint density at radius 2 is 1.58 bits per heavy atom. The van der Waals surface area contributed by atoms with Gasteiger partial charge >= 0.3 is 12.2 Å². The average Bonchev–Trinajstić information content (AvgIpc) is 3.34. The lowest BCUT2D eigenvalue weighted by atomic mass is 10.1. The van der Waals surface area contributed by atoms with Crippen LogP contribution in [0.25, 0.3) is 11.5 Å². The highest BCUT2D eigenvalue weighted by atomic mass is 35.5. The van der Waals surface area contributed by atoms with Crippen molar-refractivity contribution in [2.24, 2.45) is 0 Å². The van der Waals surface area contributed by atoms with Crippen LogP contribution in [0.4, 0.5) is 9.59 Å². The zero-order chi connectivity index (χ0) is 25.0. The van der Waals surface area contributed by atoms with Crippen molar-refractivity contribution in [3.05, 3.63) is 35.7 Å². The van der Waals surface area contributed by atoms with Gasteiger partial charge in [-0.1, -0.05) is 22.9 Å². The van der Waals surface area contributed by atoms with Gasteiger partial charge in [-0.3, -0.25) is 4.90 Å². The Balaban J connectivity index is 0.000000321. The van der Waals surface area contributed by atoms with E-state index in [2.05, 4.69) is 20.4 Å². The van der Waals surface area contributed by atoms with Gasteiger partial charge in [0.1, 0.15) is 0 Å². The largest absolute Gasteiger partial charge is 0.450 e. The van der Waals surface area contributed by atoms with Crippen LogP contribution in [0.5, 0.6) is 0 Å². The summed E-state index contributed by atoms with van der Waals surface area (Å²) in [5, 5.41) is 7.23. The number of nitrogens with zero attached hydrogens (tertiary/aromatic N) is 5. The van der Waals surface area contributed by atoms with Crippen molar-refractivity contribution >= 4 is 24.6 Å². The Bertz CT molecular complexity index is 945. The minimum atomic E-state index is -0.238. The smallest absolute Gasteiger partial charge is 0.409 e. The molecule has 0 unspecified atom stereocenters. The second kappa shape index (κ2) is 15.3. The molecule has 0 spiro atoms. The second-order valence-electron chi connectivity index (χ2n) is 8.28. The number of halogens is 1. The van der Waals surface area contributed by atoms with Gasteiger partial charge in [0, 0.05) is 57.9 Å². The van der Waals surface area contributed by atoms with E-state index in [4.69, 9.17) is 14.0 Å². The number of carbonyl (C=O) groups is 2. The van der Waals surface area contributed by atoms with E-state index >= 15 is 0 Å². The quantitative estimate of drug-likeness (QED) is 0.630. The molecule has 1 N–H and O–H groups in total. The molecule has 200 valence electrons. The van der Waals surface area contributed by atoms with E-state index in [1.54, 1.807) is 9.80 Å². The molecule has 12 heteroatoms. The average molecular weight is 525 g/mol. The van der Waals surface area contributed by atoms with Crippen LogP contribution in [0.2, 0.25) is 0 Å².